The van der Waals surface area contributed by atoms with Crippen LogP contribution in [0, 0.1) is 11.3 Å². The topological polar surface area (TPSA) is 40.9 Å². The number of nitriles is 1. The Morgan fingerprint density at radius 3 is 2.78 bits per heavy atom. The Labute approximate surface area is 58.2 Å². The molecule has 1 aliphatic heterocycles. The van der Waals surface area contributed by atoms with Crippen LogP contribution in [0.15, 0.2) is 0 Å². The van der Waals surface area contributed by atoms with Gasteiger partial charge in [-0.3, -0.25) is 0 Å². The minimum absolute atomic E-state index is 0.0696. The average molecular weight is 141 g/mol. The maximum absolute atomic E-state index is 10.1. The zero-order valence-corrected chi connectivity index (χ0v) is 5.73. The van der Waals surface area contributed by atoms with E-state index in [-0.39, 0.29) is 10.5 Å². The van der Waals surface area contributed by atoms with Crippen LogP contribution in [-0.2, 0) is 4.79 Å². The first-order valence-electron chi connectivity index (χ1n) is 2.87. The second-order valence-corrected chi connectivity index (χ2v) is 3.45. The first-order valence-corrected chi connectivity index (χ1v) is 3.81. The van der Waals surface area contributed by atoms with Crippen molar-refractivity contribution in [2.75, 3.05) is 0 Å². The summed E-state index contributed by atoms with van der Waals surface area (Å²) in [7, 11) is 0. The maximum Gasteiger partial charge on any atom is 0.132 e. The highest BCUT2D eigenvalue weighted by Gasteiger charge is 2.23. The summed E-state index contributed by atoms with van der Waals surface area (Å²) in [6, 6.07) is 2.13. The lowest BCUT2D eigenvalue weighted by Gasteiger charge is -1.93. The summed E-state index contributed by atoms with van der Waals surface area (Å²) < 4.78 is 0. The van der Waals surface area contributed by atoms with E-state index in [9.17, 15) is 4.79 Å². The van der Waals surface area contributed by atoms with E-state index in [0.717, 1.165) is 19.1 Å². The van der Waals surface area contributed by atoms with Gasteiger partial charge in [-0.25, -0.2) is 0 Å². The second kappa shape index (κ2) is 2.88. The predicted molar refractivity (Wildman–Crippen MR) is 36.1 cm³/mol. The Morgan fingerprint density at radius 2 is 2.44 bits per heavy atom. The van der Waals surface area contributed by atoms with Gasteiger partial charge in [-0.2, -0.15) is 5.26 Å². The second-order valence-electron chi connectivity index (χ2n) is 2.01. The minimum Gasteiger partial charge on any atom is -0.302 e. The van der Waals surface area contributed by atoms with Crippen molar-refractivity contribution in [1.82, 2.24) is 0 Å². The van der Waals surface area contributed by atoms with Crippen molar-refractivity contribution in [3.8, 4) is 6.07 Å². The summed E-state index contributed by atoms with van der Waals surface area (Å²) in [4.78, 5) is 10.1. The maximum atomic E-state index is 10.1. The molecule has 1 aliphatic rings. The zero-order chi connectivity index (χ0) is 6.69. The van der Waals surface area contributed by atoms with Gasteiger partial charge in [0.25, 0.3) is 0 Å². The Bertz CT molecular complexity index is 152. The molecule has 1 heterocycles. The molecule has 0 aliphatic carbocycles. The lowest BCUT2D eigenvalue weighted by molar-refractivity contribution is -0.107. The molecule has 1 saturated heterocycles. The third-order valence-electron chi connectivity index (χ3n) is 1.35. The van der Waals surface area contributed by atoms with Crippen molar-refractivity contribution in [2.24, 2.45) is 0 Å². The van der Waals surface area contributed by atoms with E-state index in [1.165, 1.54) is 11.8 Å². The van der Waals surface area contributed by atoms with Crippen LogP contribution >= 0.6 is 11.8 Å². The van der Waals surface area contributed by atoms with Crippen molar-refractivity contribution in [3.05, 3.63) is 0 Å². The van der Waals surface area contributed by atoms with Crippen molar-refractivity contribution in [2.45, 2.75) is 23.3 Å². The number of carbonyl (C=O) groups excluding carboxylic acids is 1. The smallest absolute Gasteiger partial charge is 0.132 e. The minimum atomic E-state index is 0.0696. The van der Waals surface area contributed by atoms with Crippen LogP contribution in [0.1, 0.15) is 12.8 Å². The molecule has 0 aromatic heterocycles. The van der Waals surface area contributed by atoms with Gasteiger partial charge in [0, 0.05) is 0 Å². The number of carbonyl (C=O) groups is 1. The van der Waals surface area contributed by atoms with Gasteiger partial charge in [-0.1, -0.05) is 0 Å². The van der Waals surface area contributed by atoms with Crippen LogP contribution in [0.5, 0.6) is 0 Å². The predicted octanol–water partition coefficient (Wildman–Crippen LogP) is 0.973. The first kappa shape index (κ1) is 6.63. The van der Waals surface area contributed by atoms with Crippen LogP contribution in [-0.4, -0.2) is 16.8 Å². The fourth-order valence-electron chi connectivity index (χ4n) is 0.858. The van der Waals surface area contributed by atoms with Gasteiger partial charge >= 0.3 is 0 Å². The van der Waals surface area contributed by atoms with Gasteiger partial charge in [-0.05, 0) is 12.8 Å². The van der Waals surface area contributed by atoms with Crippen LogP contribution in [0.4, 0.5) is 0 Å². The number of nitrogens with zero attached hydrogens (tertiary/aromatic N) is 1. The van der Waals surface area contributed by atoms with E-state index in [0.29, 0.717) is 0 Å². The number of hydrogen-bond acceptors (Lipinski definition) is 3. The molecule has 0 aromatic carbocycles. The van der Waals surface area contributed by atoms with Crippen molar-refractivity contribution >= 4 is 18.0 Å². The van der Waals surface area contributed by atoms with Crippen LogP contribution in [0.3, 0.4) is 0 Å². The molecule has 0 unspecified atom stereocenters. The molecule has 0 radical (unpaired) electrons. The van der Waals surface area contributed by atoms with Crippen LogP contribution in [0.2, 0.25) is 0 Å². The van der Waals surface area contributed by atoms with Gasteiger partial charge in [0.05, 0.1) is 16.6 Å². The number of aldehydes is 1. The lowest BCUT2D eigenvalue weighted by atomic mass is 10.2. The standard InChI is InChI=1S/C6H7NOS/c7-3-5-1-2-6(4-8)9-5/h4-6H,1-2H2/t5-,6-/m1/s1. The molecule has 48 valence electrons. The van der Waals surface area contributed by atoms with Crippen molar-refractivity contribution in [1.29, 1.82) is 5.26 Å². The number of thioether (sulfide) groups is 1. The van der Waals surface area contributed by atoms with Gasteiger partial charge in [0.15, 0.2) is 0 Å². The molecule has 2 atom stereocenters. The molecule has 0 bridgehead atoms. The van der Waals surface area contributed by atoms with Crippen LogP contribution < -0.4 is 0 Å². The molecule has 9 heavy (non-hydrogen) atoms. The molecule has 0 amide bonds. The lowest BCUT2D eigenvalue weighted by Crippen LogP contribution is -1.96. The van der Waals surface area contributed by atoms with E-state index < -0.39 is 0 Å². The van der Waals surface area contributed by atoms with Gasteiger partial charge in [0.1, 0.15) is 6.29 Å². The highest BCUT2D eigenvalue weighted by molar-refractivity contribution is 8.01. The van der Waals surface area contributed by atoms with E-state index in [2.05, 4.69) is 6.07 Å². The summed E-state index contributed by atoms with van der Waals surface area (Å²) in [5, 5.41) is 8.55. The molecular formula is C6H7NOS. The molecule has 0 aromatic rings. The SMILES string of the molecule is N#C[C@H]1CC[C@H](C=O)S1. The quantitative estimate of drug-likeness (QED) is 0.511. The first-order chi connectivity index (χ1) is 4.36. The summed E-state index contributed by atoms with van der Waals surface area (Å²) in [6.07, 6.45) is 2.69. The normalized spacial score (nSPS) is 33.7. The van der Waals surface area contributed by atoms with E-state index in [4.69, 9.17) is 5.26 Å². The van der Waals surface area contributed by atoms with Crippen LogP contribution in [0.25, 0.3) is 0 Å². The molecule has 0 saturated carbocycles. The Kier molecular flexibility index (Phi) is 2.12. The Balaban J connectivity index is 2.39. The summed E-state index contributed by atoms with van der Waals surface area (Å²) in [5.41, 5.74) is 0. The summed E-state index contributed by atoms with van der Waals surface area (Å²) in [6.45, 7) is 0. The number of rotatable bonds is 1. The summed E-state index contributed by atoms with van der Waals surface area (Å²) in [5.74, 6) is 0. The Morgan fingerprint density at radius 1 is 1.67 bits per heavy atom. The molecule has 1 rings (SSSR count). The third kappa shape index (κ3) is 1.46. The molecular weight excluding hydrogens is 134 g/mol. The molecule has 3 heteroatoms. The fourth-order valence-corrected chi connectivity index (χ4v) is 1.95. The molecule has 0 N–H and O–H groups in total. The van der Waals surface area contributed by atoms with Crippen molar-refractivity contribution in [3.63, 3.8) is 0 Å². The third-order valence-corrected chi connectivity index (χ3v) is 2.71. The largest absolute Gasteiger partial charge is 0.302 e. The summed E-state index contributed by atoms with van der Waals surface area (Å²) >= 11 is 1.48. The fraction of sp³-hybridized carbons (Fsp3) is 0.667. The zero-order valence-electron chi connectivity index (χ0n) is 4.91. The van der Waals surface area contributed by atoms with Crippen molar-refractivity contribution < 1.29 is 4.79 Å². The van der Waals surface area contributed by atoms with Gasteiger partial charge in [-0.15, -0.1) is 11.8 Å². The van der Waals surface area contributed by atoms with E-state index >= 15 is 0 Å². The molecule has 0 spiro atoms. The molecule has 2 nitrogen and oxygen atoms in total. The average Bonchev–Trinajstić information content (AvgIpc) is 2.34. The van der Waals surface area contributed by atoms with Gasteiger partial charge in [0.2, 0.25) is 0 Å². The van der Waals surface area contributed by atoms with E-state index in [1.54, 1.807) is 0 Å². The molecule has 1 fully saturated rings. The van der Waals surface area contributed by atoms with E-state index in [1.807, 2.05) is 0 Å². The Hall–Kier alpha value is -0.490. The monoisotopic (exact) mass is 141 g/mol. The highest BCUT2D eigenvalue weighted by Crippen LogP contribution is 2.31. The number of hydrogen-bond donors (Lipinski definition) is 0. The highest BCUT2D eigenvalue weighted by atomic mass is 32.2. The van der Waals surface area contributed by atoms with Gasteiger partial charge < -0.3 is 4.79 Å².